The Balaban J connectivity index is 1.53. The van der Waals surface area contributed by atoms with E-state index < -0.39 is 11.7 Å². The highest BCUT2D eigenvalue weighted by molar-refractivity contribution is 5.98. The Morgan fingerprint density at radius 3 is 2.03 bits per heavy atom. The second-order valence-corrected chi connectivity index (χ2v) is 7.26. The van der Waals surface area contributed by atoms with E-state index in [2.05, 4.69) is 15.7 Å². The standard InChI is InChI=1S/C24H24F3N5O2/c1-16(18-8-12-22(13-9-18)33-15-23(30-28)31-29)32-34-14-17-2-4-19(5-3-17)20-6-10-21(11-7-20)24(25,26)27/h2-13H,14-15,28-29H2,1H3,(H,30,31)/b32-16+. The highest BCUT2D eigenvalue weighted by Gasteiger charge is 2.29. The number of ether oxygens (including phenoxy) is 1. The molecular formula is C24H24F3N5O2. The van der Waals surface area contributed by atoms with Crippen molar-refractivity contribution in [1.82, 2.24) is 5.43 Å². The maximum Gasteiger partial charge on any atom is 0.416 e. The summed E-state index contributed by atoms with van der Waals surface area (Å²) in [6.07, 6.45) is -4.35. The minimum atomic E-state index is -4.35. The number of halogens is 3. The van der Waals surface area contributed by atoms with Gasteiger partial charge < -0.3 is 20.8 Å². The van der Waals surface area contributed by atoms with Crippen LogP contribution in [0.3, 0.4) is 0 Å². The van der Waals surface area contributed by atoms with Gasteiger partial charge in [-0.1, -0.05) is 41.6 Å². The summed E-state index contributed by atoms with van der Waals surface area (Å²) in [5, 5.41) is 7.58. The molecule has 0 aliphatic heterocycles. The van der Waals surface area contributed by atoms with Gasteiger partial charge in [-0.05, 0) is 65.6 Å². The second-order valence-electron chi connectivity index (χ2n) is 7.26. The summed E-state index contributed by atoms with van der Waals surface area (Å²) in [5.41, 5.74) is 5.59. The molecule has 0 saturated carbocycles. The van der Waals surface area contributed by atoms with Crippen LogP contribution in [0.1, 0.15) is 23.6 Å². The minimum Gasteiger partial charge on any atom is -0.486 e. The van der Waals surface area contributed by atoms with E-state index in [1.807, 2.05) is 43.3 Å². The largest absolute Gasteiger partial charge is 0.486 e. The number of oxime groups is 1. The molecule has 0 fully saturated rings. The van der Waals surface area contributed by atoms with Crippen LogP contribution in [0.15, 0.2) is 83.1 Å². The van der Waals surface area contributed by atoms with Crippen LogP contribution in [0.2, 0.25) is 0 Å². The molecule has 0 radical (unpaired) electrons. The first kappa shape index (κ1) is 24.6. The van der Waals surface area contributed by atoms with E-state index in [-0.39, 0.29) is 13.2 Å². The molecule has 0 aliphatic carbocycles. The molecule has 0 spiro atoms. The van der Waals surface area contributed by atoms with Gasteiger partial charge in [0.25, 0.3) is 0 Å². The molecule has 0 amide bonds. The molecule has 5 N–H and O–H groups in total. The zero-order valence-corrected chi connectivity index (χ0v) is 18.3. The van der Waals surface area contributed by atoms with Crippen LogP contribution >= 0.6 is 0 Å². The Morgan fingerprint density at radius 1 is 0.912 bits per heavy atom. The van der Waals surface area contributed by atoms with E-state index in [0.717, 1.165) is 28.8 Å². The van der Waals surface area contributed by atoms with Crippen molar-refractivity contribution in [2.24, 2.45) is 21.9 Å². The highest BCUT2D eigenvalue weighted by atomic mass is 19.4. The van der Waals surface area contributed by atoms with Crippen molar-refractivity contribution in [2.75, 3.05) is 6.61 Å². The van der Waals surface area contributed by atoms with Crippen LogP contribution in [0.4, 0.5) is 13.2 Å². The summed E-state index contributed by atoms with van der Waals surface area (Å²) in [7, 11) is 0. The van der Waals surface area contributed by atoms with Gasteiger partial charge in [-0.15, -0.1) is 0 Å². The highest BCUT2D eigenvalue weighted by Crippen LogP contribution is 2.31. The molecule has 0 heterocycles. The van der Waals surface area contributed by atoms with Crippen LogP contribution in [-0.2, 0) is 17.6 Å². The summed E-state index contributed by atoms with van der Waals surface area (Å²) in [5.74, 6) is 11.3. The van der Waals surface area contributed by atoms with Gasteiger partial charge in [-0.2, -0.15) is 18.3 Å². The van der Waals surface area contributed by atoms with Crippen molar-refractivity contribution >= 4 is 11.5 Å². The average molecular weight is 471 g/mol. The van der Waals surface area contributed by atoms with Crippen molar-refractivity contribution in [3.63, 3.8) is 0 Å². The lowest BCUT2D eigenvalue weighted by Gasteiger charge is -2.09. The van der Waals surface area contributed by atoms with E-state index in [1.54, 1.807) is 12.1 Å². The predicted molar refractivity (Wildman–Crippen MR) is 125 cm³/mol. The summed E-state index contributed by atoms with van der Waals surface area (Å²) in [4.78, 5) is 5.45. The first-order valence-electron chi connectivity index (χ1n) is 10.2. The Morgan fingerprint density at radius 2 is 1.50 bits per heavy atom. The number of alkyl halides is 3. The molecule has 0 saturated heterocycles. The smallest absolute Gasteiger partial charge is 0.416 e. The lowest BCUT2D eigenvalue weighted by atomic mass is 10.0. The van der Waals surface area contributed by atoms with E-state index >= 15 is 0 Å². The normalized spacial score (nSPS) is 12.4. The monoisotopic (exact) mass is 471 g/mol. The molecule has 3 rings (SSSR count). The summed E-state index contributed by atoms with van der Waals surface area (Å²) in [6.45, 7) is 2.18. The van der Waals surface area contributed by atoms with Gasteiger partial charge in [-0.3, -0.25) is 0 Å². The first-order chi connectivity index (χ1) is 16.3. The van der Waals surface area contributed by atoms with Crippen molar-refractivity contribution in [1.29, 1.82) is 0 Å². The number of hydrogen-bond acceptors (Lipinski definition) is 6. The van der Waals surface area contributed by atoms with Gasteiger partial charge in [0.05, 0.1) is 11.3 Å². The molecule has 10 heteroatoms. The van der Waals surface area contributed by atoms with Gasteiger partial charge in [0.2, 0.25) is 0 Å². The maximum absolute atomic E-state index is 12.7. The number of nitrogens with two attached hydrogens (primary N) is 2. The van der Waals surface area contributed by atoms with Gasteiger partial charge >= 0.3 is 6.18 Å². The molecule has 0 aromatic heterocycles. The number of hydrazine groups is 1. The average Bonchev–Trinajstić information content (AvgIpc) is 2.85. The van der Waals surface area contributed by atoms with E-state index in [1.165, 1.54) is 12.1 Å². The Hall–Kier alpha value is -4.05. The molecule has 178 valence electrons. The third-order valence-corrected chi connectivity index (χ3v) is 4.90. The van der Waals surface area contributed by atoms with Crippen LogP contribution < -0.4 is 21.8 Å². The molecule has 0 unspecified atom stereocenters. The molecule has 34 heavy (non-hydrogen) atoms. The number of hydrazone groups is 1. The van der Waals surface area contributed by atoms with Gasteiger partial charge in [0.1, 0.15) is 19.0 Å². The number of benzene rings is 3. The molecule has 0 bridgehead atoms. The Bertz CT molecular complexity index is 1130. The zero-order valence-electron chi connectivity index (χ0n) is 18.3. The lowest BCUT2D eigenvalue weighted by Crippen LogP contribution is -2.35. The number of nitrogens with one attached hydrogen (secondary N) is 1. The van der Waals surface area contributed by atoms with Crippen LogP contribution in [-0.4, -0.2) is 18.2 Å². The van der Waals surface area contributed by atoms with Gasteiger partial charge in [0.15, 0.2) is 5.84 Å². The summed E-state index contributed by atoms with van der Waals surface area (Å²) in [6, 6.07) is 19.6. The van der Waals surface area contributed by atoms with Crippen molar-refractivity contribution in [3.8, 4) is 16.9 Å². The van der Waals surface area contributed by atoms with Crippen LogP contribution in [0.5, 0.6) is 5.75 Å². The van der Waals surface area contributed by atoms with Gasteiger partial charge in [0, 0.05) is 0 Å². The minimum absolute atomic E-state index is 0.111. The van der Waals surface area contributed by atoms with Crippen molar-refractivity contribution in [2.45, 2.75) is 19.7 Å². The number of amidine groups is 1. The lowest BCUT2D eigenvalue weighted by molar-refractivity contribution is -0.137. The molecular weight excluding hydrogens is 447 g/mol. The third-order valence-electron chi connectivity index (χ3n) is 4.90. The van der Waals surface area contributed by atoms with E-state index in [9.17, 15) is 13.2 Å². The molecule has 3 aromatic rings. The van der Waals surface area contributed by atoms with Crippen molar-refractivity contribution in [3.05, 3.63) is 89.5 Å². The Kier molecular flexibility index (Phi) is 8.10. The van der Waals surface area contributed by atoms with Crippen LogP contribution in [0.25, 0.3) is 11.1 Å². The second kappa shape index (κ2) is 11.2. The zero-order chi connectivity index (χ0) is 24.6. The summed E-state index contributed by atoms with van der Waals surface area (Å²) < 4.78 is 43.7. The van der Waals surface area contributed by atoms with Gasteiger partial charge in [-0.25, -0.2) is 5.84 Å². The number of hydrogen-bond donors (Lipinski definition) is 3. The molecule has 3 aromatic carbocycles. The predicted octanol–water partition coefficient (Wildman–Crippen LogP) is 4.43. The maximum atomic E-state index is 12.7. The number of rotatable bonds is 8. The van der Waals surface area contributed by atoms with Crippen LogP contribution in [0, 0.1) is 0 Å². The molecule has 0 aliphatic rings. The topological polar surface area (TPSA) is 107 Å². The first-order valence-corrected chi connectivity index (χ1v) is 10.2. The molecule has 7 nitrogen and oxygen atoms in total. The quantitative estimate of drug-likeness (QED) is 0.195. The fourth-order valence-electron chi connectivity index (χ4n) is 2.96. The SMILES string of the molecule is C/C(=N\OCc1ccc(-c2ccc(C(F)(F)F)cc2)cc1)c1ccc(OC/C(=N/N)NN)cc1. The fraction of sp³-hybridized carbons (Fsp3) is 0.167. The number of nitrogens with zero attached hydrogens (tertiary/aromatic N) is 2. The fourth-order valence-corrected chi connectivity index (χ4v) is 2.96. The summed E-state index contributed by atoms with van der Waals surface area (Å²) >= 11 is 0. The van der Waals surface area contributed by atoms with Crippen molar-refractivity contribution < 1.29 is 22.7 Å². The van der Waals surface area contributed by atoms with E-state index in [0.29, 0.717) is 22.9 Å². The Labute approximate surface area is 194 Å². The third kappa shape index (κ3) is 6.72. The van der Waals surface area contributed by atoms with E-state index in [4.69, 9.17) is 21.3 Å². The molecule has 0 atom stereocenters.